The molecule has 0 radical (unpaired) electrons. The molecule has 0 saturated heterocycles. The first-order valence-corrected chi connectivity index (χ1v) is 3.96. The van der Waals surface area contributed by atoms with Gasteiger partial charge in [0.25, 0.3) is 0 Å². The van der Waals surface area contributed by atoms with E-state index in [1.165, 1.54) is 0 Å². The number of carbonyl (C=O) groups excluding carboxylic acids is 1. The summed E-state index contributed by atoms with van der Waals surface area (Å²) in [5.41, 5.74) is 5.67. The van der Waals surface area contributed by atoms with Crippen molar-refractivity contribution in [2.75, 3.05) is 7.05 Å². The summed E-state index contributed by atoms with van der Waals surface area (Å²) < 4.78 is 0. The highest BCUT2D eigenvalue weighted by atomic mass is 16.2. The zero-order valence-corrected chi connectivity index (χ0v) is 6.76. The van der Waals surface area contributed by atoms with Crippen LogP contribution in [0.5, 0.6) is 0 Å². The third kappa shape index (κ3) is 2.38. The highest BCUT2D eigenvalue weighted by molar-refractivity contribution is 5.73. The first-order chi connectivity index (χ1) is 5.22. The minimum Gasteiger partial charge on any atom is -0.341 e. The van der Waals surface area contributed by atoms with Crippen LogP contribution in [0.2, 0.25) is 0 Å². The zero-order valence-electron chi connectivity index (χ0n) is 6.76. The van der Waals surface area contributed by atoms with Crippen LogP contribution >= 0.6 is 0 Å². The van der Waals surface area contributed by atoms with Crippen molar-refractivity contribution in [3.05, 3.63) is 0 Å². The fraction of sp³-hybridized carbons (Fsp3) is 0.857. The van der Waals surface area contributed by atoms with Crippen molar-refractivity contribution in [3.63, 3.8) is 0 Å². The molecule has 0 aromatic carbocycles. The lowest BCUT2D eigenvalue weighted by Gasteiger charge is -2.10. The van der Waals surface area contributed by atoms with Crippen LogP contribution in [0.1, 0.15) is 19.3 Å². The molecular formula is C7H15N3O. The molecule has 1 aliphatic rings. The van der Waals surface area contributed by atoms with Gasteiger partial charge in [-0.2, -0.15) is 0 Å². The molecule has 64 valence electrons. The number of amides is 2. The Morgan fingerprint density at radius 2 is 2.27 bits per heavy atom. The van der Waals surface area contributed by atoms with Crippen LogP contribution in [-0.2, 0) is 0 Å². The molecule has 4 N–H and O–H groups in total. The van der Waals surface area contributed by atoms with E-state index >= 15 is 0 Å². The number of carbonyl (C=O) groups is 1. The smallest absolute Gasteiger partial charge is 0.314 e. The normalized spacial score (nSPS) is 30.0. The summed E-state index contributed by atoms with van der Waals surface area (Å²) in [4.78, 5) is 10.8. The van der Waals surface area contributed by atoms with Crippen LogP contribution in [0.25, 0.3) is 0 Å². The summed E-state index contributed by atoms with van der Waals surface area (Å²) in [5.74, 6) is 0. The summed E-state index contributed by atoms with van der Waals surface area (Å²) in [7, 11) is 1.62. The number of hydrogen-bond acceptors (Lipinski definition) is 2. The molecule has 1 aliphatic carbocycles. The van der Waals surface area contributed by atoms with E-state index in [1.807, 2.05) is 0 Å². The van der Waals surface area contributed by atoms with E-state index in [4.69, 9.17) is 5.73 Å². The summed E-state index contributed by atoms with van der Waals surface area (Å²) in [6.07, 6.45) is 2.94. The fourth-order valence-electron chi connectivity index (χ4n) is 1.41. The van der Waals surface area contributed by atoms with E-state index < -0.39 is 0 Å². The Balaban J connectivity index is 2.23. The number of nitrogens with one attached hydrogen (secondary N) is 2. The van der Waals surface area contributed by atoms with Gasteiger partial charge < -0.3 is 16.4 Å². The van der Waals surface area contributed by atoms with Crippen molar-refractivity contribution in [3.8, 4) is 0 Å². The van der Waals surface area contributed by atoms with Crippen LogP contribution in [0.3, 0.4) is 0 Å². The van der Waals surface area contributed by atoms with Crippen LogP contribution < -0.4 is 16.4 Å². The van der Waals surface area contributed by atoms with Gasteiger partial charge in [-0.05, 0) is 19.3 Å². The van der Waals surface area contributed by atoms with E-state index in [0.29, 0.717) is 0 Å². The van der Waals surface area contributed by atoms with Crippen LogP contribution in [0, 0.1) is 0 Å². The average Bonchev–Trinajstić information content (AvgIpc) is 2.35. The van der Waals surface area contributed by atoms with Crippen LogP contribution in [-0.4, -0.2) is 25.2 Å². The molecule has 0 aromatic rings. The number of hydrogen-bond donors (Lipinski definition) is 3. The second kappa shape index (κ2) is 3.57. The lowest BCUT2D eigenvalue weighted by Crippen LogP contribution is -2.39. The Labute approximate surface area is 66.5 Å². The zero-order chi connectivity index (χ0) is 8.27. The Morgan fingerprint density at radius 3 is 2.73 bits per heavy atom. The maximum absolute atomic E-state index is 10.8. The Morgan fingerprint density at radius 1 is 1.55 bits per heavy atom. The predicted molar refractivity (Wildman–Crippen MR) is 43.2 cm³/mol. The lowest BCUT2D eigenvalue weighted by atomic mass is 10.2. The first-order valence-electron chi connectivity index (χ1n) is 3.96. The van der Waals surface area contributed by atoms with Gasteiger partial charge in [-0.15, -0.1) is 0 Å². The highest BCUT2D eigenvalue weighted by Gasteiger charge is 2.22. The van der Waals surface area contributed by atoms with E-state index in [-0.39, 0.29) is 18.1 Å². The van der Waals surface area contributed by atoms with Gasteiger partial charge in [0.2, 0.25) is 0 Å². The lowest BCUT2D eigenvalue weighted by molar-refractivity contribution is 0.239. The second-order valence-corrected chi connectivity index (χ2v) is 2.99. The fourth-order valence-corrected chi connectivity index (χ4v) is 1.41. The molecule has 1 saturated carbocycles. The van der Waals surface area contributed by atoms with Gasteiger partial charge in [-0.25, -0.2) is 4.79 Å². The van der Waals surface area contributed by atoms with Crippen molar-refractivity contribution in [1.82, 2.24) is 10.6 Å². The molecule has 0 aliphatic heterocycles. The van der Waals surface area contributed by atoms with E-state index in [2.05, 4.69) is 10.6 Å². The standard InChI is InChI=1S/C7H15N3O/c1-9-7(11)10-6-3-2-5(8)4-6/h5-6H,2-4,8H2,1H3,(H2,9,10,11)/t5-,6-/m1/s1. The number of nitrogens with two attached hydrogens (primary N) is 1. The molecule has 2 amide bonds. The summed E-state index contributed by atoms with van der Waals surface area (Å²) in [6.45, 7) is 0. The van der Waals surface area contributed by atoms with Crippen molar-refractivity contribution in [2.24, 2.45) is 5.73 Å². The molecule has 4 heteroatoms. The average molecular weight is 157 g/mol. The first kappa shape index (κ1) is 8.33. The van der Waals surface area contributed by atoms with Gasteiger partial charge in [0, 0.05) is 19.1 Å². The largest absolute Gasteiger partial charge is 0.341 e. The topological polar surface area (TPSA) is 67.2 Å². The molecule has 0 heterocycles. The Bertz CT molecular complexity index is 149. The van der Waals surface area contributed by atoms with Crippen molar-refractivity contribution < 1.29 is 4.79 Å². The molecule has 0 bridgehead atoms. The van der Waals surface area contributed by atoms with E-state index in [1.54, 1.807) is 7.05 Å². The SMILES string of the molecule is CNC(=O)N[C@@H]1CC[C@@H](N)C1. The molecule has 4 nitrogen and oxygen atoms in total. The van der Waals surface area contributed by atoms with Gasteiger partial charge in [-0.1, -0.05) is 0 Å². The maximum Gasteiger partial charge on any atom is 0.314 e. The molecular weight excluding hydrogens is 142 g/mol. The molecule has 11 heavy (non-hydrogen) atoms. The van der Waals surface area contributed by atoms with E-state index in [9.17, 15) is 4.79 Å². The molecule has 1 fully saturated rings. The Kier molecular flexibility index (Phi) is 2.70. The second-order valence-electron chi connectivity index (χ2n) is 2.99. The quantitative estimate of drug-likeness (QED) is 0.493. The van der Waals surface area contributed by atoms with Crippen LogP contribution in [0.4, 0.5) is 4.79 Å². The highest BCUT2D eigenvalue weighted by Crippen LogP contribution is 2.16. The minimum absolute atomic E-state index is 0.107. The van der Waals surface area contributed by atoms with Gasteiger partial charge in [-0.3, -0.25) is 0 Å². The third-order valence-corrected chi connectivity index (χ3v) is 2.04. The number of urea groups is 1. The van der Waals surface area contributed by atoms with E-state index in [0.717, 1.165) is 19.3 Å². The minimum atomic E-state index is -0.107. The molecule has 1 rings (SSSR count). The Hall–Kier alpha value is -0.770. The van der Waals surface area contributed by atoms with Crippen molar-refractivity contribution in [2.45, 2.75) is 31.3 Å². The van der Waals surface area contributed by atoms with Crippen molar-refractivity contribution in [1.29, 1.82) is 0 Å². The summed E-state index contributed by atoms with van der Waals surface area (Å²) >= 11 is 0. The summed E-state index contributed by atoms with van der Waals surface area (Å²) in [5, 5.41) is 5.34. The maximum atomic E-state index is 10.8. The van der Waals surface area contributed by atoms with Gasteiger partial charge >= 0.3 is 6.03 Å². The van der Waals surface area contributed by atoms with Gasteiger partial charge in [0.15, 0.2) is 0 Å². The molecule has 0 aromatic heterocycles. The van der Waals surface area contributed by atoms with Gasteiger partial charge in [0.05, 0.1) is 0 Å². The third-order valence-electron chi connectivity index (χ3n) is 2.04. The monoisotopic (exact) mass is 157 g/mol. The molecule has 0 spiro atoms. The predicted octanol–water partition coefficient (Wildman–Crippen LogP) is -0.205. The molecule has 0 unspecified atom stereocenters. The number of rotatable bonds is 1. The molecule has 2 atom stereocenters. The summed E-state index contributed by atoms with van der Waals surface area (Å²) in [6, 6.07) is 0.450. The van der Waals surface area contributed by atoms with Gasteiger partial charge in [0.1, 0.15) is 0 Å². The van der Waals surface area contributed by atoms with Crippen LogP contribution in [0.15, 0.2) is 0 Å². The van der Waals surface area contributed by atoms with Crippen molar-refractivity contribution >= 4 is 6.03 Å².